The fourth-order valence-electron chi connectivity index (χ4n) is 2.38. The van der Waals surface area contributed by atoms with Crippen molar-refractivity contribution < 1.29 is 4.74 Å². The third-order valence-electron chi connectivity index (χ3n) is 3.65. The number of aliphatic imine (C=N–C) groups is 1. The van der Waals surface area contributed by atoms with E-state index in [4.69, 9.17) is 4.74 Å². The van der Waals surface area contributed by atoms with E-state index in [1.807, 2.05) is 6.92 Å². The number of unbranched alkanes of at least 4 members (excludes halogenated alkanes) is 1. The highest BCUT2D eigenvalue weighted by Gasteiger charge is 2.00. The smallest absolute Gasteiger partial charge is 0.191 e. The number of halogens is 1. The second-order valence-electron chi connectivity index (χ2n) is 6.01. The molecule has 0 amide bonds. The highest BCUT2D eigenvalue weighted by atomic mass is 127. The summed E-state index contributed by atoms with van der Waals surface area (Å²) in [5, 5.41) is 11.1. The van der Waals surface area contributed by atoms with E-state index in [1.165, 1.54) is 12.1 Å². The van der Waals surface area contributed by atoms with Crippen molar-refractivity contribution in [2.75, 3.05) is 32.8 Å². The van der Waals surface area contributed by atoms with Gasteiger partial charge in [0.15, 0.2) is 5.96 Å². The molecule has 0 spiro atoms. The van der Waals surface area contributed by atoms with Crippen molar-refractivity contribution in [3.05, 3.63) is 17.5 Å². The van der Waals surface area contributed by atoms with E-state index in [9.17, 15) is 0 Å². The summed E-state index contributed by atoms with van der Waals surface area (Å²) in [5.74, 6) is 0.888. The maximum Gasteiger partial charge on any atom is 0.191 e. The number of ether oxygens (including phenoxy) is 1. The summed E-state index contributed by atoms with van der Waals surface area (Å²) in [6.45, 7) is 13.5. The summed E-state index contributed by atoms with van der Waals surface area (Å²) < 4.78 is 7.62. The minimum atomic E-state index is 0. The summed E-state index contributed by atoms with van der Waals surface area (Å²) in [6, 6.07) is 2.11. The Kier molecular flexibility index (Phi) is 14.9. The second kappa shape index (κ2) is 15.4. The molecule has 25 heavy (non-hydrogen) atoms. The summed E-state index contributed by atoms with van der Waals surface area (Å²) in [5.41, 5.74) is 2.29. The van der Waals surface area contributed by atoms with Gasteiger partial charge in [-0.3, -0.25) is 9.67 Å². The molecule has 0 bridgehead atoms. The Morgan fingerprint density at radius 2 is 1.92 bits per heavy atom. The van der Waals surface area contributed by atoms with E-state index in [2.05, 4.69) is 52.2 Å². The first-order chi connectivity index (χ1) is 11.7. The van der Waals surface area contributed by atoms with Crippen LogP contribution in [-0.2, 0) is 11.3 Å². The molecule has 146 valence electrons. The van der Waals surface area contributed by atoms with Crippen LogP contribution in [0.1, 0.15) is 50.9 Å². The van der Waals surface area contributed by atoms with Crippen LogP contribution in [-0.4, -0.2) is 48.6 Å². The number of aromatic nitrogens is 2. The molecule has 0 radical (unpaired) electrons. The molecule has 2 N–H and O–H groups in total. The molecule has 0 unspecified atom stereocenters. The van der Waals surface area contributed by atoms with E-state index < -0.39 is 0 Å². The van der Waals surface area contributed by atoms with Gasteiger partial charge in [-0.05, 0) is 46.1 Å². The molecule has 7 heteroatoms. The summed E-state index contributed by atoms with van der Waals surface area (Å²) in [7, 11) is 0. The number of aryl methyl sites for hydroxylation is 3. The van der Waals surface area contributed by atoms with E-state index in [0.717, 1.165) is 70.3 Å². The first-order valence-electron chi connectivity index (χ1n) is 9.28. The molecule has 1 aromatic heterocycles. The average Bonchev–Trinajstić information content (AvgIpc) is 2.88. The summed E-state index contributed by atoms with van der Waals surface area (Å²) in [6.07, 6.45) is 4.32. The fourth-order valence-corrected chi connectivity index (χ4v) is 2.38. The van der Waals surface area contributed by atoms with E-state index in [0.29, 0.717) is 0 Å². The zero-order valence-electron chi connectivity index (χ0n) is 16.3. The standard InChI is InChI=1S/C18H35N5O.HI/c1-5-7-13-24-14-9-11-21-18(19-6-2)20-10-8-12-23-17(4)15-16(3)22-23;/h15H,5-14H2,1-4H3,(H2,19,20,21);1H. The van der Waals surface area contributed by atoms with Gasteiger partial charge in [-0.15, -0.1) is 24.0 Å². The van der Waals surface area contributed by atoms with Crippen LogP contribution in [0.15, 0.2) is 11.1 Å². The third kappa shape index (κ3) is 11.4. The van der Waals surface area contributed by atoms with Crippen LogP contribution in [0, 0.1) is 13.8 Å². The lowest BCUT2D eigenvalue weighted by atomic mass is 10.4. The van der Waals surface area contributed by atoms with Gasteiger partial charge < -0.3 is 15.4 Å². The third-order valence-corrected chi connectivity index (χ3v) is 3.65. The molecule has 0 aliphatic rings. The molecule has 0 aliphatic carbocycles. The lowest BCUT2D eigenvalue weighted by molar-refractivity contribution is 0.129. The molecular weight excluding hydrogens is 429 g/mol. The SMILES string of the molecule is CCCCOCCCNC(=NCCCn1nc(C)cc1C)NCC.I. The van der Waals surface area contributed by atoms with Crippen LogP contribution in [0.2, 0.25) is 0 Å². The zero-order chi connectivity index (χ0) is 17.6. The molecule has 0 aromatic carbocycles. The predicted octanol–water partition coefficient (Wildman–Crippen LogP) is 3.27. The van der Waals surface area contributed by atoms with E-state index in [1.54, 1.807) is 0 Å². The lowest BCUT2D eigenvalue weighted by Crippen LogP contribution is -2.38. The largest absolute Gasteiger partial charge is 0.381 e. The zero-order valence-corrected chi connectivity index (χ0v) is 18.6. The van der Waals surface area contributed by atoms with Crippen molar-refractivity contribution >= 4 is 29.9 Å². The number of nitrogens with zero attached hydrogens (tertiary/aromatic N) is 3. The molecule has 6 nitrogen and oxygen atoms in total. The molecule has 1 heterocycles. The Morgan fingerprint density at radius 3 is 2.56 bits per heavy atom. The number of rotatable bonds is 12. The molecule has 1 rings (SSSR count). The number of nitrogens with one attached hydrogen (secondary N) is 2. The van der Waals surface area contributed by atoms with Gasteiger partial charge in [0.1, 0.15) is 0 Å². The highest BCUT2D eigenvalue weighted by Crippen LogP contribution is 2.02. The summed E-state index contributed by atoms with van der Waals surface area (Å²) >= 11 is 0. The fraction of sp³-hybridized carbons (Fsp3) is 0.778. The monoisotopic (exact) mass is 465 g/mol. The molecule has 0 saturated carbocycles. The normalized spacial score (nSPS) is 11.3. The molecule has 0 saturated heterocycles. The van der Waals surface area contributed by atoms with Crippen molar-refractivity contribution in [2.24, 2.45) is 4.99 Å². The van der Waals surface area contributed by atoms with E-state index in [-0.39, 0.29) is 24.0 Å². The minimum Gasteiger partial charge on any atom is -0.381 e. The van der Waals surface area contributed by atoms with Crippen molar-refractivity contribution in [3.8, 4) is 0 Å². The van der Waals surface area contributed by atoms with Crippen LogP contribution in [0.25, 0.3) is 0 Å². The van der Waals surface area contributed by atoms with Gasteiger partial charge in [-0.2, -0.15) is 5.10 Å². The Balaban J connectivity index is 0.00000576. The van der Waals surface area contributed by atoms with Gasteiger partial charge in [0.25, 0.3) is 0 Å². The Labute approximate surface area is 170 Å². The first-order valence-corrected chi connectivity index (χ1v) is 9.28. The maximum atomic E-state index is 5.57. The van der Waals surface area contributed by atoms with E-state index >= 15 is 0 Å². The van der Waals surface area contributed by atoms with Crippen LogP contribution in [0.4, 0.5) is 0 Å². The summed E-state index contributed by atoms with van der Waals surface area (Å²) in [4.78, 5) is 4.62. The molecule has 1 aromatic rings. The topological polar surface area (TPSA) is 63.5 Å². The van der Waals surface area contributed by atoms with Gasteiger partial charge in [-0.1, -0.05) is 13.3 Å². The molecular formula is C18H36IN5O. The van der Waals surface area contributed by atoms with Crippen LogP contribution < -0.4 is 10.6 Å². The number of guanidine groups is 1. The average molecular weight is 465 g/mol. The quantitative estimate of drug-likeness (QED) is 0.215. The maximum absolute atomic E-state index is 5.57. The van der Waals surface area contributed by atoms with Gasteiger partial charge in [-0.25, -0.2) is 0 Å². The van der Waals surface area contributed by atoms with Crippen molar-refractivity contribution in [2.45, 2.75) is 59.9 Å². The lowest BCUT2D eigenvalue weighted by Gasteiger charge is -2.11. The van der Waals surface area contributed by atoms with Gasteiger partial charge in [0, 0.05) is 45.1 Å². The van der Waals surface area contributed by atoms with Crippen LogP contribution in [0.3, 0.4) is 0 Å². The second-order valence-corrected chi connectivity index (χ2v) is 6.01. The van der Waals surface area contributed by atoms with Crippen LogP contribution in [0.5, 0.6) is 0 Å². The Hall–Kier alpha value is -0.830. The first kappa shape index (κ1) is 24.2. The number of hydrogen-bond acceptors (Lipinski definition) is 3. The van der Waals surface area contributed by atoms with Crippen molar-refractivity contribution in [1.29, 1.82) is 0 Å². The molecule has 0 atom stereocenters. The molecule has 0 aliphatic heterocycles. The van der Waals surface area contributed by atoms with Crippen LogP contribution >= 0.6 is 24.0 Å². The Bertz CT molecular complexity index is 476. The minimum absolute atomic E-state index is 0. The number of hydrogen-bond donors (Lipinski definition) is 2. The Morgan fingerprint density at radius 1 is 1.16 bits per heavy atom. The predicted molar refractivity (Wildman–Crippen MR) is 116 cm³/mol. The van der Waals surface area contributed by atoms with Gasteiger partial charge >= 0.3 is 0 Å². The van der Waals surface area contributed by atoms with Gasteiger partial charge in [0.2, 0.25) is 0 Å². The van der Waals surface area contributed by atoms with Crippen molar-refractivity contribution in [3.63, 3.8) is 0 Å². The van der Waals surface area contributed by atoms with Gasteiger partial charge in [0.05, 0.1) is 5.69 Å². The van der Waals surface area contributed by atoms with Crippen molar-refractivity contribution in [1.82, 2.24) is 20.4 Å². The highest BCUT2D eigenvalue weighted by molar-refractivity contribution is 14.0. The molecule has 0 fully saturated rings.